The third-order valence-corrected chi connectivity index (χ3v) is 4.38. The monoisotopic (exact) mass is 204 g/mol. The van der Waals surface area contributed by atoms with E-state index in [0.29, 0.717) is 12.3 Å². The van der Waals surface area contributed by atoms with E-state index >= 15 is 0 Å². The first kappa shape index (κ1) is 9.46. The van der Waals surface area contributed by atoms with Crippen LogP contribution in [0.5, 0.6) is 0 Å². The molecule has 2 bridgehead atoms. The first-order chi connectivity index (χ1) is 6.04. The summed E-state index contributed by atoms with van der Waals surface area (Å²) >= 11 is 0. The van der Waals surface area contributed by atoms with Crippen molar-refractivity contribution in [2.45, 2.75) is 32.1 Å². The van der Waals surface area contributed by atoms with Crippen molar-refractivity contribution in [1.29, 1.82) is 0 Å². The van der Waals surface area contributed by atoms with Crippen molar-refractivity contribution in [2.24, 2.45) is 17.8 Å². The Morgan fingerprint density at radius 1 is 1.23 bits per heavy atom. The lowest BCUT2D eigenvalue weighted by Gasteiger charge is -2.20. The zero-order valence-electron chi connectivity index (χ0n) is 7.65. The lowest BCUT2D eigenvalue weighted by molar-refractivity contribution is 0.322. The second-order valence-corrected chi connectivity index (χ2v) is 6.08. The highest BCUT2D eigenvalue weighted by Gasteiger charge is 2.39. The van der Waals surface area contributed by atoms with Gasteiger partial charge in [0.1, 0.15) is 0 Å². The van der Waals surface area contributed by atoms with Gasteiger partial charge in [-0.3, -0.25) is 4.55 Å². The van der Waals surface area contributed by atoms with Gasteiger partial charge in [0.15, 0.2) is 0 Å². The molecule has 2 rings (SSSR count). The van der Waals surface area contributed by atoms with Gasteiger partial charge in [0.2, 0.25) is 0 Å². The summed E-state index contributed by atoms with van der Waals surface area (Å²) in [5.41, 5.74) is 0. The van der Waals surface area contributed by atoms with Crippen molar-refractivity contribution < 1.29 is 13.0 Å². The third kappa shape index (κ3) is 2.23. The van der Waals surface area contributed by atoms with Crippen LogP contribution in [0.3, 0.4) is 0 Å². The fraction of sp³-hybridized carbons (Fsp3) is 1.00. The average molecular weight is 204 g/mol. The van der Waals surface area contributed by atoms with Gasteiger partial charge in [-0.2, -0.15) is 8.42 Å². The lowest BCUT2D eigenvalue weighted by atomic mass is 9.87. The summed E-state index contributed by atoms with van der Waals surface area (Å²) in [6, 6.07) is 0. The molecule has 2 saturated carbocycles. The van der Waals surface area contributed by atoms with Crippen LogP contribution in [0.1, 0.15) is 32.1 Å². The average Bonchev–Trinajstić information content (AvgIpc) is 2.58. The highest BCUT2D eigenvalue weighted by Crippen LogP contribution is 2.49. The number of fused-ring (bicyclic) bond motifs is 2. The maximum absolute atomic E-state index is 10.5. The number of hydrogen-bond donors (Lipinski definition) is 1. The Balaban J connectivity index is 1.84. The second kappa shape index (κ2) is 3.24. The zero-order valence-corrected chi connectivity index (χ0v) is 8.46. The Morgan fingerprint density at radius 2 is 2.00 bits per heavy atom. The van der Waals surface area contributed by atoms with Gasteiger partial charge in [-0.15, -0.1) is 0 Å². The van der Waals surface area contributed by atoms with Gasteiger partial charge in [0, 0.05) is 0 Å². The normalized spacial score (nSPS) is 38.4. The Hall–Kier alpha value is -0.0900. The molecular formula is C9H16O3S. The third-order valence-electron chi connectivity index (χ3n) is 3.63. The summed E-state index contributed by atoms with van der Waals surface area (Å²) in [7, 11) is -3.73. The molecule has 76 valence electrons. The summed E-state index contributed by atoms with van der Waals surface area (Å²) in [4.78, 5) is 0. The van der Waals surface area contributed by atoms with Crippen molar-refractivity contribution >= 4 is 10.1 Å². The van der Waals surface area contributed by atoms with E-state index in [1.165, 1.54) is 25.7 Å². The van der Waals surface area contributed by atoms with Crippen LogP contribution in [0.25, 0.3) is 0 Å². The maximum atomic E-state index is 10.5. The van der Waals surface area contributed by atoms with Crippen molar-refractivity contribution in [1.82, 2.24) is 0 Å². The molecule has 3 nitrogen and oxygen atoms in total. The lowest BCUT2D eigenvalue weighted by Crippen LogP contribution is -2.15. The predicted octanol–water partition coefficient (Wildman–Crippen LogP) is 1.70. The molecule has 0 aromatic rings. The summed E-state index contributed by atoms with van der Waals surface area (Å²) < 4.78 is 29.7. The Kier molecular flexibility index (Phi) is 2.36. The van der Waals surface area contributed by atoms with Gasteiger partial charge in [-0.25, -0.2) is 0 Å². The number of rotatable bonds is 3. The molecule has 0 spiro atoms. The molecule has 4 heteroatoms. The van der Waals surface area contributed by atoms with Gasteiger partial charge in [0.25, 0.3) is 10.1 Å². The first-order valence-electron chi connectivity index (χ1n) is 5.00. The number of hydrogen-bond acceptors (Lipinski definition) is 2. The van der Waals surface area contributed by atoms with Gasteiger partial charge in [0.05, 0.1) is 5.75 Å². The fourth-order valence-corrected chi connectivity index (χ4v) is 3.63. The van der Waals surface area contributed by atoms with E-state index in [1.54, 1.807) is 0 Å². The van der Waals surface area contributed by atoms with Crippen LogP contribution in [0.2, 0.25) is 0 Å². The molecule has 0 aromatic heterocycles. The van der Waals surface area contributed by atoms with E-state index in [2.05, 4.69) is 0 Å². The fourth-order valence-electron chi connectivity index (χ4n) is 3.03. The smallest absolute Gasteiger partial charge is 0.264 e. The summed E-state index contributed by atoms with van der Waals surface area (Å²) in [6.07, 6.45) is 5.78. The minimum Gasteiger partial charge on any atom is -0.286 e. The minimum absolute atomic E-state index is 0.0408. The zero-order chi connectivity index (χ0) is 9.47. The van der Waals surface area contributed by atoms with Crippen molar-refractivity contribution in [2.75, 3.05) is 5.75 Å². The largest absolute Gasteiger partial charge is 0.286 e. The molecule has 2 fully saturated rings. The van der Waals surface area contributed by atoms with Crippen LogP contribution in [-0.2, 0) is 10.1 Å². The van der Waals surface area contributed by atoms with Crippen LogP contribution in [0, 0.1) is 17.8 Å². The van der Waals surface area contributed by atoms with Crippen LogP contribution in [0.4, 0.5) is 0 Å². The Morgan fingerprint density at radius 3 is 2.46 bits per heavy atom. The summed E-state index contributed by atoms with van der Waals surface area (Å²) in [6.45, 7) is 0. The second-order valence-electron chi connectivity index (χ2n) is 4.51. The molecule has 0 amide bonds. The van der Waals surface area contributed by atoms with E-state index < -0.39 is 10.1 Å². The van der Waals surface area contributed by atoms with Gasteiger partial charge in [-0.05, 0) is 43.4 Å². The first-order valence-corrected chi connectivity index (χ1v) is 6.60. The maximum Gasteiger partial charge on any atom is 0.264 e. The van der Waals surface area contributed by atoms with E-state index in [9.17, 15) is 8.42 Å². The van der Waals surface area contributed by atoms with Gasteiger partial charge >= 0.3 is 0 Å². The van der Waals surface area contributed by atoms with Gasteiger partial charge in [-0.1, -0.05) is 6.42 Å². The SMILES string of the molecule is O=S(=O)(O)CCC1CC2CCC1C2. The van der Waals surface area contributed by atoms with Crippen LogP contribution >= 0.6 is 0 Å². The van der Waals surface area contributed by atoms with Gasteiger partial charge < -0.3 is 0 Å². The summed E-state index contributed by atoms with van der Waals surface area (Å²) in [5, 5.41) is 0. The van der Waals surface area contributed by atoms with Crippen molar-refractivity contribution in [3.8, 4) is 0 Å². The van der Waals surface area contributed by atoms with E-state index in [0.717, 1.165) is 11.8 Å². The van der Waals surface area contributed by atoms with E-state index in [4.69, 9.17) is 4.55 Å². The van der Waals surface area contributed by atoms with Crippen LogP contribution < -0.4 is 0 Å². The molecule has 0 heterocycles. The van der Waals surface area contributed by atoms with E-state index in [1.807, 2.05) is 0 Å². The predicted molar refractivity (Wildman–Crippen MR) is 50.0 cm³/mol. The molecule has 0 radical (unpaired) electrons. The molecule has 3 atom stereocenters. The molecule has 0 aromatic carbocycles. The Labute approximate surface area is 79.3 Å². The molecule has 2 aliphatic carbocycles. The summed E-state index contributed by atoms with van der Waals surface area (Å²) in [5.74, 6) is 2.14. The molecule has 3 unspecified atom stereocenters. The molecule has 0 aliphatic heterocycles. The van der Waals surface area contributed by atoms with Crippen LogP contribution in [0.15, 0.2) is 0 Å². The molecule has 1 N–H and O–H groups in total. The standard InChI is InChI=1S/C9H16O3S/c10-13(11,12)4-3-9-6-7-1-2-8(9)5-7/h7-9H,1-6H2,(H,10,11,12). The highest BCUT2D eigenvalue weighted by atomic mass is 32.2. The van der Waals surface area contributed by atoms with Crippen molar-refractivity contribution in [3.05, 3.63) is 0 Å². The van der Waals surface area contributed by atoms with E-state index in [-0.39, 0.29) is 5.75 Å². The van der Waals surface area contributed by atoms with Crippen LogP contribution in [-0.4, -0.2) is 18.7 Å². The molecule has 0 saturated heterocycles. The highest BCUT2D eigenvalue weighted by molar-refractivity contribution is 7.85. The van der Waals surface area contributed by atoms with Crippen molar-refractivity contribution in [3.63, 3.8) is 0 Å². The quantitative estimate of drug-likeness (QED) is 0.712. The topological polar surface area (TPSA) is 54.4 Å². The molecule has 13 heavy (non-hydrogen) atoms. The Bertz CT molecular complexity index is 283. The molecular weight excluding hydrogens is 188 g/mol. The molecule has 2 aliphatic rings. The minimum atomic E-state index is -3.73.